The molecule has 248 valence electrons. The Labute approximate surface area is 309 Å². The lowest BCUT2D eigenvalue weighted by Gasteiger charge is -2.29. The zero-order valence-corrected chi connectivity index (χ0v) is 29.2. The first-order valence-electron chi connectivity index (χ1n) is 18.3. The van der Waals surface area contributed by atoms with Crippen molar-refractivity contribution in [3.63, 3.8) is 0 Å². The SMILES string of the molecule is c1ccc(-c2cccc(N(c3cccc(-c4ccccc4-c4ccccc4)c3)c3cc4ccc5ccccc5c4c4c3ccc3ccccc34)c2)cc1. The van der Waals surface area contributed by atoms with Crippen LogP contribution in [0, 0.1) is 0 Å². The van der Waals surface area contributed by atoms with Crippen LogP contribution in [-0.2, 0) is 0 Å². The third kappa shape index (κ3) is 5.42. The summed E-state index contributed by atoms with van der Waals surface area (Å²) in [6.45, 7) is 0. The van der Waals surface area contributed by atoms with Crippen LogP contribution in [0.3, 0.4) is 0 Å². The van der Waals surface area contributed by atoms with Gasteiger partial charge in [-0.2, -0.15) is 0 Å². The molecule has 0 aliphatic rings. The maximum absolute atomic E-state index is 2.47. The van der Waals surface area contributed by atoms with Crippen LogP contribution in [0.2, 0.25) is 0 Å². The van der Waals surface area contributed by atoms with Crippen molar-refractivity contribution in [2.75, 3.05) is 4.90 Å². The van der Waals surface area contributed by atoms with Crippen molar-refractivity contribution in [1.82, 2.24) is 0 Å². The first kappa shape index (κ1) is 30.8. The molecule has 0 amide bonds. The smallest absolute Gasteiger partial charge is 0.0546 e. The van der Waals surface area contributed by atoms with E-state index in [0.29, 0.717) is 0 Å². The molecule has 0 unspecified atom stereocenters. The van der Waals surface area contributed by atoms with Gasteiger partial charge >= 0.3 is 0 Å². The first-order chi connectivity index (χ1) is 26.3. The molecule has 0 aliphatic carbocycles. The molecule has 1 nitrogen and oxygen atoms in total. The van der Waals surface area contributed by atoms with Gasteiger partial charge in [0.15, 0.2) is 0 Å². The zero-order valence-electron chi connectivity index (χ0n) is 29.2. The minimum absolute atomic E-state index is 1.10. The van der Waals surface area contributed by atoms with E-state index in [1.807, 2.05) is 0 Å². The molecular formula is C52H35N. The molecule has 10 rings (SSSR count). The summed E-state index contributed by atoms with van der Waals surface area (Å²) in [7, 11) is 0. The molecule has 10 aromatic carbocycles. The van der Waals surface area contributed by atoms with Gasteiger partial charge in [-0.05, 0) is 96.0 Å². The van der Waals surface area contributed by atoms with E-state index in [0.717, 1.165) is 17.1 Å². The summed E-state index contributed by atoms with van der Waals surface area (Å²) < 4.78 is 0. The fraction of sp³-hybridized carbons (Fsp3) is 0. The third-order valence-corrected chi connectivity index (χ3v) is 10.6. The molecule has 0 fully saturated rings. The Bertz CT molecular complexity index is 2940. The molecule has 0 radical (unpaired) electrons. The maximum atomic E-state index is 2.47. The molecule has 0 saturated carbocycles. The fourth-order valence-electron chi connectivity index (χ4n) is 8.15. The van der Waals surface area contributed by atoms with Gasteiger partial charge in [0.1, 0.15) is 0 Å². The second-order valence-corrected chi connectivity index (χ2v) is 13.7. The van der Waals surface area contributed by atoms with Crippen molar-refractivity contribution in [2.24, 2.45) is 0 Å². The van der Waals surface area contributed by atoms with Gasteiger partial charge in [-0.15, -0.1) is 0 Å². The van der Waals surface area contributed by atoms with Crippen molar-refractivity contribution in [1.29, 1.82) is 0 Å². The van der Waals surface area contributed by atoms with Crippen LogP contribution in [-0.4, -0.2) is 0 Å². The molecule has 0 atom stereocenters. The van der Waals surface area contributed by atoms with E-state index < -0.39 is 0 Å². The maximum Gasteiger partial charge on any atom is 0.0546 e. The van der Waals surface area contributed by atoms with Gasteiger partial charge in [-0.1, -0.05) is 182 Å². The predicted octanol–water partition coefficient (Wildman–Crippen LogP) is 14.8. The Morgan fingerprint density at radius 2 is 0.755 bits per heavy atom. The van der Waals surface area contributed by atoms with Gasteiger partial charge in [0.2, 0.25) is 0 Å². The molecule has 0 aliphatic heterocycles. The van der Waals surface area contributed by atoms with Crippen LogP contribution in [0.5, 0.6) is 0 Å². The third-order valence-electron chi connectivity index (χ3n) is 10.6. The van der Waals surface area contributed by atoms with Crippen LogP contribution >= 0.6 is 0 Å². The largest absolute Gasteiger partial charge is 0.310 e. The molecule has 0 spiro atoms. The highest BCUT2D eigenvalue weighted by atomic mass is 15.1. The van der Waals surface area contributed by atoms with E-state index in [4.69, 9.17) is 0 Å². The van der Waals surface area contributed by atoms with Gasteiger partial charge < -0.3 is 4.90 Å². The first-order valence-corrected chi connectivity index (χ1v) is 18.3. The number of anilines is 3. The lowest BCUT2D eigenvalue weighted by atomic mass is 9.91. The van der Waals surface area contributed by atoms with E-state index in [1.165, 1.54) is 76.5 Å². The highest BCUT2D eigenvalue weighted by Gasteiger charge is 2.21. The fourth-order valence-corrected chi connectivity index (χ4v) is 8.15. The lowest BCUT2D eigenvalue weighted by molar-refractivity contribution is 1.30. The van der Waals surface area contributed by atoms with Crippen molar-refractivity contribution >= 4 is 60.2 Å². The Balaban J connectivity index is 1.28. The molecule has 0 saturated heterocycles. The highest BCUT2D eigenvalue weighted by molar-refractivity contribution is 6.30. The van der Waals surface area contributed by atoms with Crippen molar-refractivity contribution in [2.45, 2.75) is 0 Å². The Morgan fingerprint density at radius 3 is 1.45 bits per heavy atom. The second kappa shape index (κ2) is 13.0. The van der Waals surface area contributed by atoms with Crippen molar-refractivity contribution in [3.05, 3.63) is 212 Å². The van der Waals surface area contributed by atoms with Crippen molar-refractivity contribution < 1.29 is 0 Å². The molecule has 0 aromatic heterocycles. The Kier molecular flexibility index (Phi) is 7.55. The van der Waals surface area contributed by atoms with E-state index in [9.17, 15) is 0 Å². The minimum atomic E-state index is 1.10. The van der Waals surface area contributed by atoms with E-state index >= 15 is 0 Å². The monoisotopic (exact) mass is 673 g/mol. The lowest BCUT2D eigenvalue weighted by Crippen LogP contribution is -2.11. The average Bonchev–Trinajstić information content (AvgIpc) is 3.24. The summed E-state index contributed by atoms with van der Waals surface area (Å²) in [5.41, 5.74) is 10.5. The van der Waals surface area contributed by atoms with Gasteiger partial charge in [0.05, 0.1) is 5.69 Å². The van der Waals surface area contributed by atoms with Crippen LogP contribution in [0.15, 0.2) is 212 Å². The summed E-state index contributed by atoms with van der Waals surface area (Å²) in [5.74, 6) is 0. The van der Waals surface area contributed by atoms with E-state index in [1.54, 1.807) is 0 Å². The molecule has 53 heavy (non-hydrogen) atoms. The minimum Gasteiger partial charge on any atom is -0.310 e. The van der Waals surface area contributed by atoms with Crippen LogP contribution in [0.4, 0.5) is 17.1 Å². The number of rotatable bonds is 6. The Morgan fingerprint density at radius 1 is 0.264 bits per heavy atom. The quantitative estimate of drug-likeness (QED) is 0.159. The topological polar surface area (TPSA) is 3.24 Å². The van der Waals surface area contributed by atoms with Crippen LogP contribution < -0.4 is 4.90 Å². The summed E-state index contributed by atoms with van der Waals surface area (Å²) in [5, 5.41) is 10.0. The van der Waals surface area contributed by atoms with Gasteiger partial charge in [-0.3, -0.25) is 0 Å². The standard InChI is InChI=1S/C52H35N/c1-3-15-36(16-4-1)40-21-13-23-43(33-40)53(44-24-14-22-41(34-44)46-26-12-11-25-45(46)37-17-5-2-6-18-37)50-35-42-30-29-38-19-7-9-27-47(38)51(42)52-48-28-10-8-20-39(48)31-32-49(50)52/h1-35H. The molecule has 0 N–H and O–H groups in total. The number of hydrogen-bond acceptors (Lipinski definition) is 1. The Hall–Kier alpha value is -6.96. The molecular weight excluding hydrogens is 639 g/mol. The number of fused-ring (bicyclic) bond motifs is 7. The highest BCUT2D eigenvalue weighted by Crippen LogP contribution is 2.47. The van der Waals surface area contributed by atoms with E-state index in [2.05, 4.69) is 217 Å². The molecule has 10 aromatic rings. The second-order valence-electron chi connectivity index (χ2n) is 13.7. The number of benzene rings is 10. The molecule has 0 bridgehead atoms. The van der Waals surface area contributed by atoms with Gasteiger partial charge in [0, 0.05) is 22.1 Å². The van der Waals surface area contributed by atoms with E-state index in [-0.39, 0.29) is 0 Å². The van der Waals surface area contributed by atoms with Crippen LogP contribution in [0.1, 0.15) is 0 Å². The van der Waals surface area contributed by atoms with Crippen LogP contribution in [0.25, 0.3) is 76.5 Å². The summed E-state index contributed by atoms with van der Waals surface area (Å²) in [6, 6.07) is 77.3. The average molecular weight is 674 g/mol. The van der Waals surface area contributed by atoms with Gasteiger partial charge in [0.25, 0.3) is 0 Å². The molecule has 1 heteroatoms. The van der Waals surface area contributed by atoms with Gasteiger partial charge in [-0.25, -0.2) is 0 Å². The number of hydrogen-bond donors (Lipinski definition) is 0. The molecule has 0 heterocycles. The zero-order chi connectivity index (χ0) is 35.1. The summed E-state index contributed by atoms with van der Waals surface area (Å²) in [6.07, 6.45) is 0. The number of nitrogens with zero attached hydrogens (tertiary/aromatic N) is 1. The normalized spacial score (nSPS) is 11.4. The summed E-state index contributed by atoms with van der Waals surface area (Å²) in [4.78, 5) is 2.47. The summed E-state index contributed by atoms with van der Waals surface area (Å²) >= 11 is 0. The van der Waals surface area contributed by atoms with Crippen molar-refractivity contribution in [3.8, 4) is 33.4 Å². The predicted molar refractivity (Wildman–Crippen MR) is 227 cm³/mol.